The van der Waals surface area contributed by atoms with Gasteiger partial charge in [-0.25, -0.2) is 4.39 Å². The number of ether oxygens (including phenoxy) is 1. The first-order valence-electron chi connectivity index (χ1n) is 4.55. The van der Waals surface area contributed by atoms with Crippen LogP contribution in [0.1, 0.15) is 5.56 Å². The molecule has 0 radical (unpaired) electrons. The number of methoxy groups -OCH3 is 1. The third-order valence-electron chi connectivity index (χ3n) is 1.92. The molecule has 1 unspecified atom stereocenters. The molecule has 0 fully saturated rings. The fraction of sp³-hybridized carbons (Fsp3) is 0.400. The maximum atomic E-state index is 13.4. The molecule has 0 spiro atoms. The van der Waals surface area contributed by atoms with Crippen LogP contribution in [0.3, 0.4) is 0 Å². The summed E-state index contributed by atoms with van der Waals surface area (Å²) in [6.07, 6.45) is 0. The van der Waals surface area contributed by atoms with E-state index in [0.717, 1.165) is 0 Å². The Hall–Kier alpha value is -0.940. The van der Waals surface area contributed by atoms with Gasteiger partial charge in [0, 0.05) is 34.7 Å². The van der Waals surface area contributed by atoms with Crippen molar-refractivity contribution < 1.29 is 13.3 Å². The molecule has 0 aliphatic rings. The molecule has 5 heteroatoms. The molecule has 0 aliphatic heterocycles. The highest BCUT2D eigenvalue weighted by atomic mass is 32.2. The molecule has 0 aliphatic carbocycles. The Morgan fingerprint density at radius 3 is 2.80 bits per heavy atom. The summed E-state index contributed by atoms with van der Waals surface area (Å²) >= 11 is 0. The third-order valence-corrected chi connectivity index (χ3v) is 3.25. The van der Waals surface area contributed by atoms with Gasteiger partial charge < -0.3 is 10.5 Å². The van der Waals surface area contributed by atoms with Gasteiger partial charge in [-0.1, -0.05) is 6.07 Å². The Morgan fingerprint density at radius 2 is 2.27 bits per heavy atom. The van der Waals surface area contributed by atoms with E-state index >= 15 is 0 Å². The normalized spacial score (nSPS) is 12.5. The quantitative estimate of drug-likeness (QED) is 0.824. The van der Waals surface area contributed by atoms with Gasteiger partial charge in [-0.3, -0.25) is 4.21 Å². The summed E-state index contributed by atoms with van der Waals surface area (Å²) in [7, 11) is 0.378. The molecule has 1 atom stereocenters. The van der Waals surface area contributed by atoms with Crippen LogP contribution in [-0.4, -0.2) is 23.6 Å². The van der Waals surface area contributed by atoms with Crippen molar-refractivity contribution in [2.75, 3.05) is 19.4 Å². The van der Waals surface area contributed by atoms with Crippen LogP contribution in [0.5, 0.6) is 5.75 Å². The van der Waals surface area contributed by atoms with Gasteiger partial charge in [-0.2, -0.15) is 0 Å². The summed E-state index contributed by atoms with van der Waals surface area (Å²) in [4.78, 5) is 0. The van der Waals surface area contributed by atoms with Crippen LogP contribution in [0.4, 0.5) is 4.39 Å². The lowest BCUT2D eigenvalue weighted by Gasteiger charge is -2.05. The van der Waals surface area contributed by atoms with E-state index in [0.29, 0.717) is 23.6 Å². The molecule has 0 saturated carbocycles. The highest BCUT2D eigenvalue weighted by molar-refractivity contribution is 7.84. The molecule has 1 aromatic carbocycles. The fourth-order valence-corrected chi connectivity index (χ4v) is 2.14. The zero-order valence-corrected chi connectivity index (χ0v) is 9.35. The van der Waals surface area contributed by atoms with Crippen molar-refractivity contribution in [3.05, 3.63) is 29.6 Å². The largest absolute Gasteiger partial charge is 0.497 e. The van der Waals surface area contributed by atoms with E-state index in [1.807, 2.05) is 0 Å². The van der Waals surface area contributed by atoms with Crippen LogP contribution < -0.4 is 10.5 Å². The molecule has 0 aromatic heterocycles. The van der Waals surface area contributed by atoms with Crippen molar-refractivity contribution in [2.24, 2.45) is 5.73 Å². The molecule has 84 valence electrons. The maximum Gasteiger partial charge on any atom is 0.131 e. The second kappa shape index (κ2) is 5.82. The summed E-state index contributed by atoms with van der Waals surface area (Å²) in [6, 6.07) is 4.52. The van der Waals surface area contributed by atoms with E-state index in [1.165, 1.54) is 13.2 Å². The molecule has 15 heavy (non-hydrogen) atoms. The molecule has 0 amide bonds. The molecule has 2 N–H and O–H groups in total. The first-order valence-corrected chi connectivity index (χ1v) is 6.03. The Balaban J connectivity index is 2.73. The van der Waals surface area contributed by atoms with Crippen molar-refractivity contribution >= 4 is 10.8 Å². The number of halogens is 1. The van der Waals surface area contributed by atoms with E-state index in [1.54, 1.807) is 12.1 Å². The SMILES string of the molecule is COc1ccc(CS(=O)CCN)c(F)c1. The summed E-state index contributed by atoms with van der Waals surface area (Å²) in [5.74, 6) is 0.666. The zero-order valence-electron chi connectivity index (χ0n) is 8.53. The highest BCUT2D eigenvalue weighted by Crippen LogP contribution is 2.17. The highest BCUT2D eigenvalue weighted by Gasteiger charge is 2.07. The van der Waals surface area contributed by atoms with Crippen LogP contribution in [0.15, 0.2) is 18.2 Å². The summed E-state index contributed by atoms with van der Waals surface area (Å²) in [5, 5.41) is 0. The molecule has 1 rings (SSSR count). The number of hydrogen-bond donors (Lipinski definition) is 1. The maximum absolute atomic E-state index is 13.4. The number of nitrogens with two attached hydrogens (primary N) is 1. The van der Waals surface area contributed by atoms with Crippen molar-refractivity contribution in [1.82, 2.24) is 0 Å². The average Bonchev–Trinajstić information content (AvgIpc) is 2.21. The Kier molecular flexibility index (Phi) is 4.71. The standard InChI is InChI=1S/C10H14FNO2S/c1-14-9-3-2-8(10(11)6-9)7-15(13)5-4-12/h2-3,6H,4-5,7,12H2,1H3. The predicted molar refractivity (Wildman–Crippen MR) is 58.7 cm³/mol. The van der Waals surface area contributed by atoms with Gasteiger partial charge in [-0.15, -0.1) is 0 Å². The van der Waals surface area contributed by atoms with Gasteiger partial charge in [0.2, 0.25) is 0 Å². The van der Waals surface area contributed by atoms with Gasteiger partial charge in [0.25, 0.3) is 0 Å². The summed E-state index contributed by atoms with van der Waals surface area (Å²) in [5.41, 5.74) is 5.69. The first-order chi connectivity index (χ1) is 7.17. The van der Waals surface area contributed by atoms with E-state index < -0.39 is 10.8 Å². The lowest BCUT2D eigenvalue weighted by molar-refractivity contribution is 0.411. The monoisotopic (exact) mass is 231 g/mol. The molecular formula is C10H14FNO2S. The summed E-state index contributed by atoms with van der Waals surface area (Å²) in [6.45, 7) is 0.352. The Bertz CT molecular complexity index is 357. The second-order valence-corrected chi connectivity index (χ2v) is 4.61. The van der Waals surface area contributed by atoms with Gasteiger partial charge in [0.05, 0.1) is 12.9 Å². The molecule has 0 heterocycles. The minimum Gasteiger partial charge on any atom is -0.497 e. The van der Waals surface area contributed by atoms with Crippen LogP contribution in [0.25, 0.3) is 0 Å². The molecule has 3 nitrogen and oxygen atoms in total. The van der Waals surface area contributed by atoms with Crippen molar-refractivity contribution in [3.63, 3.8) is 0 Å². The van der Waals surface area contributed by atoms with Gasteiger partial charge >= 0.3 is 0 Å². The molecule has 1 aromatic rings. The van der Waals surface area contributed by atoms with Crippen LogP contribution in [0.2, 0.25) is 0 Å². The third kappa shape index (κ3) is 3.60. The minimum absolute atomic E-state index is 0.201. The van der Waals surface area contributed by atoms with Crippen molar-refractivity contribution in [3.8, 4) is 5.75 Å². The summed E-state index contributed by atoms with van der Waals surface area (Å²) < 4.78 is 29.6. The van der Waals surface area contributed by atoms with Gasteiger partial charge in [-0.05, 0) is 6.07 Å². The number of benzene rings is 1. The van der Waals surface area contributed by atoms with E-state index in [9.17, 15) is 8.60 Å². The zero-order chi connectivity index (χ0) is 11.3. The average molecular weight is 231 g/mol. The van der Waals surface area contributed by atoms with Crippen LogP contribution >= 0.6 is 0 Å². The van der Waals surface area contributed by atoms with Crippen molar-refractivity contribution in [2.45, 2.75) is 5.75 Å². The second-order valence-electron chi connectivity index (χ2n) is 3.03. The fourth-order valence-electron chi connectivity index (χ4n) is 1.15. The van der Waals surface area contributed by atoms with Crippen molar-refractivity contribution in [1.29, 1.82) is 0 Å². The first kappa shape index (κ1) is 12.1. The molecule has 0 saturated heterocycles. The predicted octanol–water partition coefficient (Wildman–Crippen LogP) is 1.04. The van der Waals surface area contributed by atoms with E-state index in [-0.39, 0.29) is 11.6 Å². The number of hydrogen-bond acceptors (Lipinski definition) is 3. The molecular weight excluding hydrogens is 217 g/mol. The Labute approximate surface area is 90.9 Å². The van der Waals surface area contributed by atoms with Crippen LogP contribution in [0, 0.1) is 5.82 Å². The van der Waals surface area contributed by atoms with Gasteiger partial charge in [0.1, 0.15) is 11.6 Å². The van der Waals surface area contributed by atoms with Crippen LogP contribution in [-0.2, 0) is 16.6 Å². The minimum atomic E-state index is -1.10. The topological polar surface area (TPSA) is 52.3 Å². The van der Waals surface area contributed by atoms with E-state index in [2.05, 4.69) is 0 Å². The Morgan fingerprint density at radius 1 is 1.53 bits per heavy atom. The number of rotatable bonds is 5. The molecule has 0 bridgehead atoms. The smallest absolute Gasteiger partial charge is 0.131 e. The lowest BCUT2D eigenvalue weighted by atomic mass is 10.2. The lowest BCUT2D eigenvalue weighted by Crippen LogP contribution is -2.12. The van der Waals surface area contributed by atoms with Gasteiger partial charge in [0.15, 0.2) is 0 Å². The van der Waals surface area contributed by atoms with E-state index in [4.69, 9.17) is 10.5 Å².